The fraction of sp³-hybridized carbons (Fsp3) is 0.308. The van der Waals surface area contributed by atoms with Crippen molar-refractivity contribution < 1.29 is 37.4 Å². The maximum absolute atomic E-state index is 13.5. The van der Waals surface area contributed by atoms with Crippen LogP contribution in [0.4, 0.5) is 22.8 Å². The molecule has 2 aromatic carbocycles. The van der Waals surface area contributed by atoms with Crippen LogP contribution in [0.5, 0.6) is 0 Å². The van der Waals surface area contributed by atoms with Gasteiger partial charge in [0.2, 0.25) is 0 Å². The molecule has 0 unspecified atom stereocenters. The summed E-state index contributed by atoms with van der Waals surface area (Å²) in [5, 5.41) is 13.9. The molecule has 3 heterocycles. The Kier molecular flexibility index (Phi) is 7.09. The Bertz CT molecular complexity index is 1570. The first-order chi connectivity index (χ1) is 18.7. The quantitative estimate of drug-likeness (QED) is 0.366. The smallest absolute Gasteiger partial charge is 0.416 e. The van der Waals surface area contributed by atoms with Gasteiger partial charge in [-0.3, -0.25) is 24.1 Å². The summed E-state index contributed by atoms with van der Waals surface area (Å²) < 4.78 is 47.5. The number of fused-ring (bicyclic) bond motifs is 1. The molecular weight excluding hydrogens is 573 g/mol. The zero-order valence-electron chi connectivity index (χ0n) is 21.1. The van der Waals surface area contributed by atoms with Crippen LogP contribution in [-0.4, -0.2) is 66.8 Å². The highest BCUT2D eigenvalue weighted by Gasteiger charge is 2.47. The van der Waals surface area contributed by atoms with Crippen molar-refractivity contribution in [2.24, 2.45) is 0 Å². The van der Waals surface area contributed by atoms with Gasteiger partial charge < -0.3 is 9.84 Å². The van der Waals surface area contributed by atoms with Crippen molar-refractivity contribution in [2.75, 3.05) is 13.2 Å². The van der Waals surface area contributed by atoms with Gasteiger partial charge in [-0.1, -0.05) is 23.7 Å². The number of hydrogen-bond acceptors (Lipinski definition) is 6. The largest absolute Gasteiger partial charge is 0.465 e. The SMILES string of the molecule is CC1(C)OC[C@@H](CN2C(=O)S/C(=C\c3ccc4c(cnn4Cc4ccc(Cl)cc4C(F)(F)F)c3)C2=O)N1C(=O)O. The maximum Gasteiger partial charge on any atom is 0.416 e. The number of amides is 3. The minimum Gasteiger partial charge on any atom is -0.465 e. The number of benzene rings is 2. The van der Waals surface area contributed by atoms with Gasteiger partial charge in [-0.25, -0.2) is 4.79 Å². The van der Waals surface area contributed by atoms with Gasteiger partial charge >= 0.3 is 12.3 Å². The predicted molar refractivity (Wildman–Crippen MR) is 142 cm³/mol. The van der Waals surface area contributed by atoms with Gasteiger partial charge in [-0.2, -0.15) is 18.3 Å². The Labute approximate surface area is 235 Å². The number of thioether (sulfide) groups is 1. The highest BCUT2D eigenvalue weighted by Crippen LogP contribution is 2.36. The molecule has 1 aromatic heterocycles. The second-order valence-electron chi connectivity index (χ2n) is 9.78. The third-order valence-corrected chi connectivity index (χ3v) is 7.85. The molecule has 0 aliphatic carbocycles. The molecule has 0 radical (unpaired) electrons. The molecule has 0 spiro atoms. The molecule has 1 atom stereocenters. The molecule has 3 amide bonds. The molecule has 2 aliphatic heterocycles. The monoisotopic (exact) mass is 594 g/mol. The molecule has 2 aliphatic rings. The Morgan fingerprint density at radius 2 is 2.00 bits per heavy atom. The van der Waals surface area contributed by atoms with Crippen LogP contribution in [0.1, 0.15) is 30.5 Å². The van der Waals surface area contributed by atoms with Gasteiger partial charge in [-0.15, -0.1) is 0 Å². The Morgan fingerprint density at radius 3 is 2.70 bits per heavy atom. The van der Waals surface area contributed by atoms with Crippen molar-refractivity contribution in [1.29, 1.82) is 0 Å². The number of aromatic nitrogens is 2. The normalized spacial score (nSPS) is 20.4. The van der Waals surface area contributed by atoms with Crippen LogP contribution in [0.3, 0.4) is 0 Å². The fourth-order valence-corrected chi connectivity index (χ4v) is 5.88. The number of hydrogen-bond donors (Lipinski definition) is 1. The van der Waals surface area contributed by atoms with Crippen molar-refractivity contribution in [3.8, 4) is 0 Å². The average Bonchev–Trinajstić information content (AvgIpc) is 3.48. The number of carboxylic acid groups (broad SMARTS) is 1. The topological polar surface area (TPSA) is 105 Å². The highest BCUT2D eigenvalue weighted by atomic mass is 35.5. The van der Waals surface area contributed by atoms with Crippen molar-refractivity contribution in [2.45, 2.75) is 38.3 Å². The second kappa shape index (κ2) is 10.1. The Hall–Kier alpha value is -3.55. The number of imide groups is 1. The van der Waals surface area contributed by atoms with E-state index in [-0.39, 0.29) is 35.2 Å². The number of alkyl halides is 3. The lowest BCUT2D eigenvalue weighted by atomic mass is 10.1. The first-order valence-corrected chi connectivity index (χ1v) is 13.2. The molecule has 3 aromatic rings. The standard InChI is InChI=1S/C26H22ClF3N4O5S/c1-25(2)34(23(36)37)18(13-39-25)12-32-22(35)21(40-24(32)38)8-14-3-6-20-16(7-14)10-31-33(20)11-15-4-5-17(27)9-19(15)26(28,29)30/h3-10,18H,11-13H2,1-2H3,(H,36,37)/b21-8-/t18-/m1/s1. The van der Waals surface area contributed by atoms with E-state index in [0.717, 1.165) is 27.6 Å². The van der Waals surface area contributed by atoms with Crippen LogP contribution in [0.25, 0.3) is 17.0 Å². The van der Waals surface area contributed by atoms with E-state index in [9.17, 15) is 32.7 Å². The molecular formula is C26H22ClF3N4O5S. The summed E-state index contributed by atoms with van der Waals surface area (Å²) >= 11 is 6.52. The van der Waals surface area contributed by atoms with Crippen LogP contribution >= 0.6 is 23.4 Å². The second-order valence-corrected chi connectivity index (χ2v) is 11.2. The van der Waals surface area contributed by atoms with E-state index in [1.807, 2.05) is 0 Å². The van der Waals surface area contributed by atoms with E-state index in [1.54, 1.807) is 32.0 Å². The number of carbonyl (C=O) groups is 3. The van der Waals surface area contributed by atoms with Crippen molar-refractivity contribution in [3.05, 3.63) is 69.2 Å². The van der Waals surface area contributed by atoms with Crippen LogP contribution in [0.15, 0.2) is 47.5 Å². The summed E-state index contributed by atoms with van der Waals surface area (Å²) in [6.07, 6.45) is -2.75. The minimum atomic E-state index is -4.58. The average molecular weight is 595 g/mol. The van der Waals surface area contributed by atoms with E-state index >= 15 is 0 Å². The van der Waals surface area contributed by atoms with E-state index in [0.29, 0.717) is 16.5 Å². The van der Waals surface area contributed by atoms with Crippen LogP contribution in [0.2, 0.25) is 5.02 Å². The maximum atomic E-state index is 13.5. The third kappa shape index (κ3) is 5.28. The third-order valence-electron chi connectivity index (χ3n) is 6.71. The lowest BCUT2D eigenvalue weighted by Crippen LogP contribution is -2.51. The molecule has 0 saturated carbocycles. The Morgan fingerprint density at radius 1 is 1.25 bits per heavy atom. The number of ether oxygens (including phenoxy) is 1. The van der Waals surface area contributed by atoms with Crippen LogP contribution in [-0.2, 0) is 22.3 Å². The van der Waals surface area contributed by atoms with Gasteiger partial charge in [0.25, 0.3) is 11.1 Å². The number of carbonyl (C=O) groups excluding carboxylic acids is 2. The Balaban J connectivity index is 1.35. The number of halogens is 4. The first kappa shape index (κ1) is 28.0. The zero-order valence-corrected chi connectivity index (χ0v) is 22.7. The molecule has 9 nitrogen and oxygen atoms in total. The van der Waals surface area contributed by atoms with Crippen LogP contribution < -0.4 is 0 Å². The van der Waals surface area contributed by atoms with Gasteiger partial charge in [0.15, 0.2) is 0 Å². The van der Waals surface area contributed by atoms with Crippen LogP contribution in [0, 0.1) is 0 Å². The summed E-state index contributed by atoms with van der Waals surface area (Å²) in [4.78, 5) is 39.7. The minimum absolute atomic E-state index is 0.0113. The lowest BCUT2D eigenvalue weighted by molar-refractivity contribution is -0.138. The first-order valence-electron chi connectivity index (χ1n) is 12.0. The summed E-state index contributed by atoms with van der Waals surface area (Å²) in [6.45, 7) is 2.95. The van der Waals surface area contributed by atoms with Gasteiger partial charge in [0.1, 0.15) is 5.72 Å². The molecule has 5 rings (SSSR count). The number of nitrogens with zero attached hydrogens (tertiary/aromatic N) is 4. The summed E-state index contributed by atoms with van der Waals surface area (Å²) in [6, 6.07) is 7.93. The lowest BCUT2D eigenvalue weighted by Gasteiger charge is -2.31. The highest BCUT2D eigenvalue weighted by molar-refractivity contribution is 8.18. The van der Waals surface area contributed by atoms with E-state index in [1.165, 1.54) is 29.1 Å². The van der Waals surface area contributed by atoms with Gasteiger partial charge in [-0.05, 0) is 67.1 Å². The van der Waals surface area contributed by atoms with Crippen molar-refractivity contribution >= 4 is 57.6 Å². The molecule has 40 heavy (non-hydrogen) atoms. The predicted octanol–water partition coefficient (Wildman–Crippen LogP) is 5.91. The molecule has 1 N–H and O–H groups in total. The zero-order chi connectivity index (χ0) is 29.0. The van der Waals surface area contributed by atoms with Gasteiger partial charge in [0, 0.05) is 10.4 Å². The molecule has 2 fully saturated rings. The summed E-state index contributed by atoms with van der Waals surface area (Å²) in [5.74, 6) is -0.553. The van der Waals surface area contributed by atoms with Crippen molar-refractivity contribution in [1.82, 2.24) is 19.6 Å². The molecule has 0 bridgehead atoms. The fourth-order valence-electron chi connectivity index (χ4n) is 4.86. The number of rotatable bonds is 5. The molecule has 14 heteroatoms. The molecule has 2 saturated heterocycles. The summed E-state index contributed by atoms with van der Waals surface area (Å²) in [5.41, 5.74) is -0.758. The van der Waals surface area contributed by atoms with E-state index in [4.69, 9.17) is 16.3 Å². The van der Waals surface area contributed by atoms with Crippen molar-refractivity contribution in [3.63, 3.8) is 0 Å². The van der Waals surface area contributed by atoms with E-state index < -0.39 is 40.7 Å². The van der Waals surface area contributed by atoms with Gasteiger partial charge in [0.05, 0.1) is 47.9 Å². The molecule has 210 valence electrons. The van der Waals surface area contributed by atoms with E-state index in [2.05, 4.69) is 5.10 Å². The summed E-state index contributed by atoms with van der Waals surface area (Å²) in [7, 11) is 0.